The molecule has 0 aliphatic heterocycles. The zero-order valence-corrected chi connectivity index (χ0v) is 52.8. The molecular weight excluding hydrogens is 1020 g/mol. The molecule has 0 atom stereocenters. The number of nitrogens with one attached hydrogen (secondary N) is 3. The summed E-state index contributed by atoms with van der Waals surface area (Å²) >= 11 is 0. The van der Waals surface area contributed by atoms with Crippen LogP contribution in [0.5, 0.6) is 0 Å². The number of carbonyl (C=O) groups excluding carboxylic acids is 3. The molecule has 0 saturated carbocycles. The van der Waals surface area contributed by atoms with Gasteiger partial charge in [0.15, 0.2) is 0 Å². The number of unbranched alkanes of at least 4 members (excludes halogenated alkanes) is 45. The number of ether oxygens (including phenoxy) is 3. The first-order chi connectivity index (χ1) is 39.8. The predicted molar refractivity (Wildman–Crippen MR) is 336 cm³/mol. The van der Waals surface area contributed by atoms with Gasteiger partial charge in [-0.25, -0.2) is 42.5 Å². The number of hydrogen-bond donors (Lipinski definition) is 3. The lowest BCUT2D eigenvalue weighted by Gasteiger charge is -2.15. The molecule has 0 bridgehead atoms. The van der Waals surface area contributed by atoms with E-state index in [4.69, 9.17) is 14.2 Å². The number of hydrogen-bond acceptors (Lipinski definition) is 9. The molecule has 15 heteroatoms. The van der Waals surface area contributed by atoms with Crippen LogP contribution in [-0.4, -0.2) is 71.4 Å². The van der Waals surface area contributed by atoms with Crippen molar-refractivity contribution in [3.05, 3.63) is 31.5 Å². The van der Waals surface area contributed by atoms with Gasteiger partial charge in [0.05, 0.1) is 19.6 Å². The van der Waals surface area contributed by atoms with Crippen molar-refractivity contribution in [2.75, 3.05) is 39.5 Å². The molecule has 0 aliphatic carbocycles. The number of amides is 3. The average molecular weight is 1150 g/mol. The van der Waals surface area contributed by atoms with Crippen LogP contribution in [0.1, 0.15) is 329 Å². The molecule has 0 fully saturated rings. The van der Waals surface area contributed by atoms with Crippen molar-refractivity contribution in [2.45, 2.75) is 349 Å². The minimum atomic E-state index is -0.923. The van der Waals surface area contributed by atoms with Gasteiger partial charge in [0.1, 0.15) is 19.8 Å². The van der Waals surface area contributed by atoms with Gasteiger partial charge in [0.25, 0.3) is 0 Å². The van der Waals surface area contributed by atoms with E-state index in [1.807, 2.05) is 0 Å². The minimum absolute atomic E-state index is 0.297. The molecule has 0 radical (unpaired) electrons. The normalized spacial score (nSPS) is 11.3. The largest absolute Gasteiger partial charge is 0.448 e. The lowest BCUT2D eigenvalue weighted by atomic mass is 10.0. The Morgan fingerprint density at radius 3 is 0.568 bits per heavy atom. The fourth-order valence-electron chi connectivity index (χ4n) is 10.7. The van der Waals surface area contributed by atoms with Gasteiger partial charge in [0, 0.05) is 19.6 Å². The number of rotatable bonds is 60. The predicted octanol–water partition coefficient (Wildman–Crippen LogP) is 17.1. The molecule has 3 amide bonds. The van der Waals surface area contributed by atoms with E-state index in [0.717, 1.165) is 71.5 Å². The third-order valence-electron chi connectivity index (χ3n) is 15.9. The van der Waals surface area contributed by atoms with E-state index in [1.54, 1.807) is 0 Å². The number of alkyl carbamates (subject to hydrolysis) is 3. The molecule has 0 aromatic carbocycles. The van der Waals surface area contributed by atoms with Crippen LogP contribution in [0.4, 0.5) is 14.4 Å². The summed E-state index contributed by atoms with van der Waals surface area (Å²) in [6.45, 7) is 6.31. The van der Waals surface area contributed by atoms with Crippen LogP contribution in [0.3, 0.4) is 0 Å². The Bertz CT molecular complexity index is 1550. The lowest BCUT2D eigenvalue weighted by Crippen LogP contribution is -2.55. The highest BCUT2D eigenvalue weighted by molar-refractivity contribution is 5.67. The van der Waals surface area contributed by atoms with E-state index in [1.165, 1.54) is 250 Å². The van der Waals surface area contributed by atoms with Gasteiger partial charge in [-0.1, -0.05) is 310 Å². The Labute approximate surface area is 494 Å². The molecule has 15 nitrogen and oxygen atoms in total. The van der Waals surface area contributed by atoms with Crippen LogP contribution < -0.4 is 33.0 Å². The molecule has 1 aromatic rings. The van der Waals surface area contributed by atoms with Crippen molar-refractivity contribution < 1.29 is 28.6 Å². The Morgan fingerprint density at radius 1 is 0.259 bits per heavy atom. The van der Waals surface area contributed by atoms with Gasteiger partial charge in [-0.3, -0.25) is 0 Å². The van der Waals surface area contributed by atoms with Gasteiger partial charge in [-0.2, -0.15) is 0 Å². The van der Waals surface area contributed by atoms with Crippen LogP contribution in [0.2, 0.25) is 0 Å². The zero-order valence-electron chi connectivity index (χ0n) is 52.8. The van der Waals surface area contributed by atoms with Crippen molar-refractivity contribution in [2.24, 2.45) is 0 Å². The average Bonchev–Trinajstić information content (AvgIpc) is 3.46. The molecule has 0 unspecified atom stereocenters. The molecule has 1 heterocycles. The molecule has 1 rings (SSSR count). The number of nitrogens with zero attached hydrogens (tertiary/aromatic N) is 3. The van der Waals surface area contributed by atoms with Crippen molar-refractivity contribution in [1.29, 1.82) is 0 Å². The molecule has 0 aliphatic rings. The van der Waals surface area contributed by atoms with Gasteiger partial charge >= 0.3 is 35.3 Å². The zero-order chi connectivity index (χ0) is 58.7. The third-order valence-corrected chi connectivity index (χ3v) is 15.9. The Hall–Kier alpha value is -3.78. The molecule has 1 aromatic heterocycles. The van der Waals surface area contributed by atoms with Crippen molar-refractivity contribution in [3.63, 3.8) is 0 Å². The maximum Gasteiger partial charge on any atom is 0.407 e. The van der Waals surface area contributed by atoms with Crippen LogP contribution in [0.15, 0.2) is 14.4 Å². The van der Waals surface area contributed by atoms with Crippen molar-refractivity contribution >= 4 is 18.3 Å². The summed E-state index contributed by atoms with van der Waals surface area (Å²) in [4.78, 5) is 78.6. The second kappa shape index (κ2) is 58.0. The minimum Gasteiger partial charge on any atom is -0.448 e. The highest BCUT2D eigenvalue weighted by Gasteiger charge is 2.17. The molecule has 0 spiro atoms. The fourth-order valence-corrected chi connectivity index (χ4v) is 10.7. The second-order valence-electron chi connectivity index (χ2n) is 23.4. The first-order valence-corrected chi connectivity index (χ1v) is 34.4. The summed E-state index contributed by atoms with van der Waals surface area (Å²) in [7, 11) is 0. The SMILES string of the molecule is CCCCCCCCCCCCCCCCCCNC(=O)OCCn1c(=O)n(CCOC(=O)NCCCCCCCCCCCCCCCCCC)c(=O)n(CCOC(=O)NCCCCCCCCCCCCCCCCCC)c1=O. The van der Waals surface area contributed by atoms with E-state index in [0.29, 0.717) is 19.6 Å². The first kappa shape index (κ1) is 75.2. The maximum absolute atomic E-state index is 13.6. The fraction of sp³-hybridized carbons (Fsp3) is 0.909. The topological polar surface area (TPSA) is 181 Å². The molecule has 81 heavy (non-hydrogen) atoms. The van der Waals surface area contributed by atoms with E-state index < -0.39 is 35.3 Å². The van der Waals surface area contributed by atoms with E-state index in [-0.39, 0.29) is 39.5 Å². The van der Waals surface area contributed by atoms with Crippen molar-refractivity contribution in [1.82, 2.24) is 29.7 Å². The van der Waals surface area contributed by atoms with Crippen LogP contribution in [-0.2, 0) is 33.8 Å². The van der Waals surface area contributed by atoms with Gasteiger partial charge < -0.3 is 30.2 Å². The quantitative estimate of drug-likeness (QED) is 0.0422. The van der Waals surface area contributed by atoms with Crippen molar-refractivity contribution in [3.8, 4) is 0 Å². The van der Waals surface area contributed by atoms with Gasteiger partial charge in [-0.05, 0) is 19.3 Å². The molecule has 0 saturated heterocycles. The standard InChI is InChI=1S/C66H126N6O9/c1-4-7-10-13-16-19-22-25-28-31-34-37-40-43-46-49-52-67-61(73)79-58-55-70-64(76)71(56-59-80-62(74)68-53-50-47-44-41-38-35-32-29-26-23-20-17-14-11-8-5-2)66(78)72(65(70)77)57-60-81-63(75)69-54-51-48-45-42-39-36-33-30-27-24-21-18-15-12-9-6-3/h4-60H2,1-3H3,(H,67,73)(H,68,74)(H,69,75). The summed E-state index contributed by atoms with van der Waals surface area (Å²) in [5, 5.41) is 8.25. The van der Waals surface area contributed by atoms with Crippen LogP contribution in [0.25, 0.3) is 0 Å². The lowest BCUT2D eigenvalue weighted by molar-refractivity contribution is 0.135. The summed E-state index contributed by atoms with van der Waals surface area (Å²) in [5.41, 5.74) is -2.77. The third kappa shape index (κ3) is 46.3. The second-order valence-corrected chi connectivity index (χ2v) is 23.4. The van der Waals surface area contributed by atoms with Crippen LogP contribution >= 0.6 is 0 Å². The highest BCUT2D eigenvalue weighted by atomic mass is 16.6. The number of carbonyl (C=O) groups is 3. The van der Waals surface area contributed by atoms with Crippen LogP contribution in [0, 0.1) is 0 Å². The Kier molecular flexibility index (Phi) is 53.9. The van der Waals surface area contributed by atoms with E-state index in [2.05, 4.69) is 36.7 Å². The molecular formula is C66H126N6O9. The summed E-state index contributed by atoms with van der Waals surface area (Å²) in [6, 6.07) is 0. The Balaban J connectivity index is 2.53. The maximum atomic E-state index is 13.6. The molecule has 474 valence electrons. The number of aromatic nitrogens is 3. The smallest absolute Gasteiger partial charge is 0.407 e. The summed E-state index contributed by atoms with van der Waals surface area (Å²) in [6.07, 6.45) is 58.7. The summed E-state index contributed by atoms with van der Waals surface area (Å²) < 4.78 is 18.5. The van der Waals surface area contributed by atoms with Gasteiger partial charge in [0.2, 0.25) is 0 Å². The van der Waals surface area contributed by atoms with E-state index in [9.17, 15) is 28.8 Å². The first-order valence-electron chi connectivity index (χ1n) is 34.4. The van der Waals surface area contributed by atoms with E-state index >= 15 is 0 Å². The summed E-state index contributed by atoms with van der Waals surface area (Å²) in [5.74, 6) is 0. The molecule has 3 N–H and O–H groups in total. The monoisotopic (exact) mass is 1150 g/mol. The highest BCUT2D eigenvalue weighted by Crippen LogP contribution is 2.17. The Morgan fingerprint density at radius 2 is 0.407 bits per heavy atom. The van der Waals surface area contributed by atoms with Gasteiger partial charge in [-0.15, -0.1) is 0 Å².